The molecule has 0 fully saturated rings. The number of esters is 1. The molecule has 0 saturated carbocycles. The van der Waals surface area contributed by atoms with Gasteiger partial charge in [0.05, 0.1) is 21.6 Å². The number of carbonyl (C=O) groups excluding carboxylic acids is 1. The molecule has 2 atom stereocenters. The van der Waals surface area contributed by atoms with Gasteiger partial charge in [-0.05, 0) is 86.3 Å². The van der Waals surface area contributed by atoms with Crippen molar-refractivity contribution in [3.8, 4) is 23.3 Å². The van der Waals surface area contributed by atoms with Gasteiger partial charge in [0.2, 0.25) is 0 Å². The molecule has 0 saturated heterocycles. The first-order valence-electron chi connectivity index (χ1n) is 10.1. The van der Waals surface area contributed by atoms with Gasteiger partial charge in [-0.15, -0.1) is 0 Å². The van der Waals surface area contributed by atoms with E-state index >= 15 is 0 Å². The summed E-state index contributed by atoms with van der Waals surface area (Å²) in [5.41, 5.74) is 2.01. The smallest absolute Gasteiger partial charge is 0.339 e. The van der Waals surface area contributed by atoms with E-state index in [2.05, 4.69) is 43.7 Å². The van der Waals surface area contributed by atoms with Crippen molar-refractivity contribution in [3.63, 3.8) is 0 Å². The lowest BCUT2D eigenvalue weighted by molar-refractivity contribution is 0.0437. The fraction of sp³-hybridized carbons (Fsp3) is 0.192. The number of hydrogen-bond acceptors (Lipinski definition) is 5. The number of aliphatic hydroxyl groups excluding tert-OH is 1. The van der Waals surface area contributed by atoms with E-state index in [1.54, 1.807) is 50.4 Å². The van der Waals surface area contributed by atoms with Gasteiger partial charge in [-0.3, -0.25) is 0 Å². The fourth-order valence-corrected chi connectivity index (χ4v) is 4.32. The Labute approximate surface area is 209 Å². The van der Waals surface area contributed by atoms with Gasteiger partial charge in [0.1, 0.15) is 24.2 Å². The summed E-state index contributed by atoms with van der Waals surface area (Å²) in [5.74, 6) is 6.44. The third-order valence-electron chi connectivity index (χ3n) is 4.60. The van der Waals surface area contributed by atoms with Gasteiger partial charge in [0.15, 0.2) is 6.10 Å². The molecule has 1 N–H and O–H groups in total. The van der Waals surface area contributed by atoms with Crippen LogP contribution in [0.3, 0.4) is 0 Å². The minimum Gasteiger partial charge on any atom is -0.497 e. The van der Waals surface area contributed by atoms with Crippen molar-refractivity contribution in [2.75, 3.05) is 7.11 Å². The van der Waals surface area contributed by atoms with E-state index in [9.17, 15) is 9.90 Å². The van der Waals surface area contributed by atoms with E-state index in [4.69, 9.17) is 14.2 Å². The topological polar surface area (TPSA) is 65.0 Å². The zero-order valence-electron chi connectivity index (χ0n) is 18.0. The second-order valence-corrected chi connectivity index (χ2v) is 8.76. The summed E-state index contributed by atoms with van der Waals surface area (Å²) in [7, 11) is 1.62. The molecule has 2 unspecified atom stereocenters. The molecule has 0 bridgehead atoms. The molecule has 0 heterocycles. The maximum Gasteiger partial charge on any atom is 0.339 e. The molecule has 0 aliphatic rings. The predicted octanol–water partition coefficient (Wildman–Crippen LogP) is 6.08. The molecule has 0 aliphatic carbocycles. The van der Waals surface area contributed by atoms with E-state index < -0.39 is 18.2 Å². The first-order valence-corrected chi connectivity index (χ1v) is 11.7. The molecule has 3 aromatic carbocycles. The third-order valence-corrected chi connectivity index (χ3v) is 5.77. The van der Waals surface area contributed by atoms with Gasteiger partial charge in [-0.2, -0.15) is 0 Å². The van der Waals surface area contributed by atoms with Crippen LogP contribution in [-0.2, 0) is 11.3 Å². The fourth-order valence-electron chi connectivity index (χ4n) is 2.86. The number of methoxy groups -OCH3 is 1. The third kappa shape index (κ3) is 7.10. The Morgan fingerprint density at radius 2 is 1.64 bits per heavy atom. The van der Waals surface area contributed by atoms with Crippen molar-refractivity contribution in [3.05, 3.63) is 92.4 Å². The Morgan fingerprint density at radius 3 is 2.24 bits per heavy atom. The molecule has 0 aromatic heterocycles. The van der Waals surface area contributed by atoms with E-state index in [-0.39, 0.29) is 0 Å². The number of hydrogen-bond donors (Lipinski definition) is 1. The highest BCUT2D eigenvalue weighted by Gasteiger charge is 2.14. The van der Waals surface area contributed by atoms with Crippen molar-refractivity contribution in [2.24, 2.45) is 0 Å². The molecule has 0 radical (unpaired) electrons. The number of benzene rings is 3. The number of carbonyl (C=O) groups is 1. The quantitative estimate of drug-likeness (QED) is 0.274. The van der Waals surface area contributed by atoms with Gasteiger partial charge in [0.25, 0.3) is 0 Å². The Balaban J connectivity index is 1.63. The zero-order chi connectivity index (χ0) is 23.8. The zero-order valence-corrected chi connectivity index (χ0v) is 21.2. The SMILES string of the molecule is COc1ccc(COc2c(Br)cc(C(O)C#CC(C)OC(=O)c3ccccc3)cc2Br)cc1. The maximum atomic E-state index is 12.1. The Hall–Kier alpha value is -2.79. The number of aliphatic hydroxyl groups is 1. The summed E-state index contributed by atoms with van der Waals surface area (Å²) < 4.78 is 17.8. The molecule has 33 heavy (non-hydrogen) atoms. The highest BCUT2D eigenvalue weighted by atomic mass is 79.9. The second-order valence-electron chi connectivity index (χ2n) is 7.06. The Morgan fingerprint density at radius 1 is 1.00 bits per heavy atom. The van der Waals surface area contributed by atoms with Gasteiger partial charge >= 0.3 is 5.97 Å². The van der Waals surface area contributed by atoms with Gasteiger partial charge in [-0.25, -0.2) is 4.79 Å². The van der Waals surface area contributed by atoms with Crippen LogP contribution in [0.1, 0.15) is 34.5 Å². The van der Waals surface area contributed by atoms with Crippen LogP contribution in [0.25, 0.3) is 0 Å². The molecule has 0 amide bonds. The average molecular weight is 574 g/mol. The number of ether oxygens (including phenoxy) is 3. The van der Waals surface area contributed by atoms with Crippen molar-refractivity contribution >= 4 is 37.8 Å². The molecular formula is C26H22Br2O5. The van der Waals surface area contributed by atoms with Crippen molar-refractivity contribution < 1.29 is 24.1 Å². The molecule has 0 spiro atoms. The molecule has 3 rings (SSSR count). The number of halogens is 2. The normalized spacial score (nSPS) is 12.2. The molecule has 7 heteroatoms. The first kappa shape index (κ1) is 24.8. The molecular weight excluding hydrogens is 552 g/mol. The van der Waals surface area contributed by atoms with Crippen LogP contribution in [0.2, 0.25) is 0 Å². The van der Waals surface area contributed by atoms with Crippen molar-refractivity contribution in [2.45, 2.75) is 25.7 Å². The summed E-state index contributed by atoms with van der Waals surface area (Å²) in [6, 6.07) is 19.8. The molecule has 0 aliphatic heterocycles. The van der Waals surface area contributed by atoms with E-state index in [1.165, 1.54) is 0 Å². The minimum atomic E-state index is -1.06. The van der Waals surface area contributed by atoms with E-state index in [1.807, 2.05) is 30.3 Å². The summed E-state index contributed by atoms with van der Waals surface area (Å²) in [6.07, 6.45) is -1.74. The van der Waals surface area contributed by atoms with Crippen LogP contribution >= 0.6 is 31.9 Å². The van der Waals surface area contributed by atoms with Crippen molar-refractivity contribution in [1.82, 2.24) is 0 Å². The van der Waals surface area contributed by atoms with Gasteiger partial charge in [0, 0.05) is 0 Å². The largest absolute Gasteiger partial charge is 0.497 e. The number of rotatable bonds is 7. The monoisotopic (exact) mass is 572 g/mol. The van der Waals surface area contributed by atoms with Crippen LogP contribution in [0.5, 0.6) is 11.5 Å². The maximum absolute atomic E-state index is 12.1. The van der Waals surface area contributed by atoms with Crippen LogP contribution < -0.4 is 9.47 Å². The van der Waals surface area contributed by atoms with Crippen LogP contribution in [-0.4, -0.2) is 24.3 Å². The highest BCUT2D eigenvalue weighted by molar-refractivity contribution is 9.11. The van der Waals surface area contributed by atoms with Gasteiger partial charge in [-0.1, -0.05) is 42.2 Å². The average Bonchev–Trinajstić information content (AvgIpc) is 2.82. The first-order chi connectivity index (χ1) is 15.9. The van der Waals surface area contributed by atoms with E-state index in [0.717, 1.165) is 11.3 Å². The molecule has 3 aromatic rings. The lowest BCUT2D eigenvalue weighted by Gasteiger charge is -2.14. The second kappa shape index (κ2) is 11.9. The molecule has 170 valence electrons. The molecule has 5 nitrogen and oxygen atoms in total. The van der Waals surface area contributed by atoms with Crippen LogP contribution in [0.4, 0.5) is 0 Å². The summed E-state index contributed by atoms with van der Waals surface area (Å²) in [6.45, 7) is 2.02. The minimum absolute atomic E-state index is 0.368. The Kier molecular flexibility index (Phi) is 8.95. The Bertz CT molecular complexity index is 1130. The lowest BCUT2D eigenvalue weighted by Crippen LogP contribution is -2.13. The highest BCUT2D eigenvalue weighted by Crippen LogP contribution is 2.37. The van der Waals surface area contributed by atoms with Crippen LogP contribution in [0, 0.1) is 11.8 Å². The van der Waals surface area contributed by atoms with Crippen molar-refractivity contribution in [1.29, 1.82) is 0 Å². The lowest BCUT2D eigenvalue weighted by atomic mass is 10.1. The van der Waals surface area contributed by atoms with Gasteiger partial charge < -0.3 is 19.3 Å². The van der Waals surface area contributed by atoms with E-state index in [0.29, 0.717) is 32.4 Å². The summed E-state index contributed by atoms with van der Waals surface area (Å²) >= 11 is 7.00. The summed E-state index contributed by atoms with van der Waals surface area (Å²) in [5, 5.41) is 10.5. The predicted molar refractivity (Wildman–Crippen MR) is 133 cm³/mol. The standard InChI is InChI=1S/C26H22Br2O5/c1-17(33-26(30)19-6-4-3-5-7-19)8-13-24(29)20-14-22(27)25(23(28)15-20)32-16-18-9-11-21(31-2)12-10-18/h3-7,9-12,14-15,17,24,29H,16H2,1-2H3. The van der Waals surface area contributed by atoms with Crippen LogP contribution in [0.15, 0.2) is 75.7 Å². The summed E-state index contributed by atoms with van der Waals surface area (Å²) in [4.78, 5) is 12.1.